The first-order valence-corrected chi connectivity index (χ1v) is 5.65. The summed E-state index contributed by atoms with van der Waals surface area (Å²) < 4.78 is 52.5. The van der Waals surface area contributed by atoms with Crippen molar-refractivity contribution in [3.8, 4) is 0 Å². The van der Waals surface area contributed by atoms with Gasteiger partial charge >= 0.3 is 0 Å². The lowest BCUT2D eigenvalue weighted by Gasteiger charge is -2.10. The average molecular weight is 286 g/mol. The summed E-state index contributed by atoms with van der Waals surface area (Å²) in [4.78, 5) is 2.46. The Bertz CT molecular complexity index is 608. The van der Waals surface area contributed by atoms with Crippen molar-refractivity contribution >= 4 is 5.69 Å². The molecule has 0 fully saturated rings. The van der Waals surface area contributed by atoms with Gasteiger partial charge in [0, 0.05) is 6.54 Å². The normalized spacial score (nSPS) is 10.7. The fraction of sp³-hybridized carbons (Fsp3) is 0.154. The molecule has 0 aliphatic heterocycles. The number of halogens is 4. The van der Waals surface area contributed by atoms with Crippen molar-refractivity contribution in [2.24, 2.45) is 0 Å². The van der Waals surface area contributed by atoms with E-state index in [1.807, 2.05) is 0 Å². The highest BCUT2D eigenvalue weighted by molar-refractivity contribution is 5.46. The molecule has 0 aliphatic rings. The molecule has 3 nitrogen and oxygen atoms in total. The highest BCUT2D eigenvalue weighted by Crippen LogP contribution is 2.22. The SMILES string of the molecule is OCc1cccc(CNc2c(F)c(F)nc(F)c2F)c1. The van der Waals surface area contributed by atoms with Crippen LogP contribution in [0.15, 0.2) is 24.3 Å². The summed E-state index contributed by atoms with van der Waals surface area (Å²) in [6, 6.07) is 6.53. The zero-order valence-corrected chi connectivity index (χ0v) is 10.1. The van der Waals surface area contributed by atoms with E-state index >= 15 is 0 Å². The van der Waals surface area contributed by atoms with Gasteiger partial charge in [0.05, 0.1) is 6.61 Å². The highest BCUT2D eigenvalue weighted by Gasteiger charge is 2.20. The third-order valence-electron chi connectivity index (χ3n) is 2.64. The number of nitrogens with zero attached hydrogens (tertiary/aromatic N) is 1. The largest absolute Gasteiger partial charge is 0.392 e. The molecule has 2 rings (SSSR count). The minimum Gasteiger partial charge on any atom is -0.392 e. The van der Waals surface area contributed by atoms with Crippen molar-refractivity contribution in [2.75, 3.05) is 5.32 Å². The number of anilines is 1. The number of benzene rings is 1. The van der Waals surface area contributed by atoms with Gasteiger partial charge in [0.1, 0.15) is 5.69 Å². The van der Waals surface area contributed by atoms with Crippen LogP contribution in [-0.2, 0) is 13.2 Å². The third-order valence-corrected chi connectivity index (χ3v) is 2.64. The van der Waals surface area contributed by atoms with E-state index in [0.29, 0.717) is 11.1 Å². The third kappa shape index (κ3) is 2.88. The summed E-state index contributed by atoms with van der Waals surface area (Å²) in [7, 11) is 0. The molecular weight excluding hydrogens is 276 g/mol. The van der Waals surface area contributed by atoms with Crippen LogP contribution in [0.3, 0.4) is 0 Å². The fourth-order valence-corrected chi connectivity index (χ4v) is 1.67. The van der Waals surface area contributed by atoms with Gasteiger partial charge in [-0.2, -0.15) is 22.5 Å². The Morgan fingerprint density at radius 1 is 1.00 bits per heavy atom. The average Bonchev–Trinajstić information content (AvgIpc) is 2.45. The van der Waals surface area contributed by atoms with Crippen LogP contribution in [0.5, 0.6) is 0 Å². The maximum absolute atomic E-state index is 13.3. The molecule has 1 aromatic heterocycles. The predicted molar refractivity (Wildman–Crippen MR) is 63.8 cm³/mol. The summed E-state index contributed by atoms with van der Waals surface area (Å²) >= 11 is 0. The van der Waals surface area contributed by atoms with Gasteiger partial charge in [-0.05, 0) is 11.1 Å². The molecule has 2 aromatic rings. The fourth-order valence-electron chi connectivity index (χ4n) is 1.67. The second-order valence-electron chi connectivity index (χ2n) is 4.03. The van der Waals surface area contributed by atoms with E-state index < -0.39 is 29.2 Å². The van der Waals surface area contributed by atoms with Crippen molar-refractivity contribution in [3.05, 3.63) is 58.9 Å². The molecule has 1 aromatic carbocycles. The molecule has 0 unspecified atom stereocenters. The smallest absolute Gasteiger partial charge is 0.253 e. The molecular formula is C13H10F4N2O. The highest BCUT2D eigenvalue weighted by atomic mass is 19.2. The standard InChI is InChI=1S/C13H10F4N2O/c14-9-11(10(15)13(17)19-12(9)16)18-5-7-2-1-3-8(4-7)6-20/h1-4,20H,5-6H2,(H,18,19). The van der Waals surface area contributed by atoms with Crippen LogP contribution >= 0.6 is 0 Å². The molecule has 1 heterocycles. The Balaban J connectivity index is 2.22. The Morgan fingerprint density at radius 3 is 2.20 bits per heavy atom. The van der Waals surface area contributed by atoms with E-state index in [2.05, 4.69) is 10.3 Å². The number of rotatable bonds is 4. The summed E-state index contributed by atoms with van der Waals surface area (Å²) in [5.74, 6) is -6.59. The lowest BCUT2D eigenvalue weighted by molar-refractivity contribution is 0.281. The lowest BCUT2D eigenvalue weighted by atomic mass is 10.1. The van der Waals surface area contributed by atoms with Crippen LogP contribution in [0.1, 0.15) is 11.1 Å². The van der Waals surface area contributed by atoms with E-state index in [9.17, 15) is 17.6 Å². The Labute approximate surface area is 111 Å². The van der Waals surface area contributed by atoms with E-state index in [-0.39, 0.29) is 13.2 Å². The van der Waals surface area contributed by atoms with E-state index in [1.165, 1.54) is 0 Å². The molecule has 7 heteroatoms. The summed E-state index contributed by atoms with van der Waals surface area (Å²) in [5, 5.41) is 11.2. The number of hydrogen-bond acceptors (Lipinski definition) is 3. The zero-order chi connectivity index (χ0) is 14.7. The van der Waals surface area contributed by atoms with E-state index in [1.54, 1.807) is 24.3 Å². The molecule has 0 saturated carbocycles. The first kappa shape index (κ1) is 14.3. The predicted octanol–water partition coefficient (Wildman–Crippen LogP) is 2.74. The number of hydrogen-bond donors (Lipinski definition) is 2. The quantitative estimate of drug-likeness (QED) is 0.671. The Kier molecular flexibility index (Phi) is 4.19. The minimum atomic E-state index is -1.71. The molecule has 0 saturated heterocycles. The van der Waals surface area contributed by atoms with E-state index in [4.69, 9.17) is 5.11 Å². The van der Waals surface area contributed by atoms with Crippen molar-refractivity contribution in [1.29, 1.82) is 0 Å². The van der Waals surface area contributed by atoms with Crippen LogP contribution in [0, 0.1) is 23.5 Å². The number of aromatic nitrogens is 1. The molecule has 0 spiro atoms. The van der Waals surface area contributed by atoms with Crippen LogP contribution in [-0.4, -0.2) is 10.1 Å². The topological polar surface area (TPSA) is 45.1 Å². The zero-order valence-electron chi connectivity index (χ0n) is 10.1. The van der Waals surface area contributed by atoms with Crippen LogP contribution < -0.4 is 5.32 Å². The van der Waals surface area contributed by atoms with Gasteiger partial charge in [-0.25, -0.2) is 0 Å². The number of aliphatic hydroxyl groups is 1. The Hall–Kier alpha value is -2.15. The first-order valence-electron chi connectivity index (χ1n) is 5.65. The lowest BCUT2D eigenvalue weighted by Crippen LogP contribution is -2.09. The van der Waals surface area contributed by atoms with Gasteiger partial charge in [0.25, 0.3) is 11.9 Å². The maximum Gasteiger partial charge on any atom is 0.253 e. The molecule has 0 bridgehead atoms. The molecule has 0 aliphatic carbocycles. The van der Waals surface area contributed by atoms with Crippen molar-refractivity contribution in [2.45, 2.75) is 13.2 Å². The second-order valence-corrected chi connectivity index (χ2v) is 4.03. The van der Waals surface area contributed by atoms with Gasteiger partial charge in [-0.3, -0.25) is 0 Å². The van der Waals surface area contributed by atoms with Crippen molar-refractivity contribution in [3.63, 3.8) is 0 Å². The second kappa shape index (κ2) is 5.87. The molecule has 2 N–H and O–H groups in total. The summed E-state index contributed by atoms with van der Waals surface area (Å²) in [6.45, 7) is -0.250. The summed E-state index contributed by atoms with van der Waals surface area (Å²) in [5.41, 5.74) is 0.287. The molecule has 20 heavy (non-hydrogen) atoms. The van der Waals surface area contributed by atoms with Crippen LogP contribution in [0.25, 0.3) is 0 Å². The van der Waals surface area contributed by atoms with Crippen molar-refractivity contribution in [1.82, 2.24) is 4.98 Å². The molecule has 0 radical (unpaired) electrons. The van der Waals surface area contributed by atoms with Gasteiger partial charge in [0.2, 0.25) is 11.6 Å². The molecule has 106 valence electrons. The molecule has 0 atom stereocenters. The van der Waals surface area contributed by atoms with Gasteiger partial charge < -0.3 is 10.4 Å². The monoisotopic (exact) mass is 286 g/mol. The van der Waals surface area contributed by atoms with Gasteiger partial charge in [-0.1, -0.05) is 24.3 Å². The van der Waals surface area contributed by atoms with Crippen molar-refractivity contribution < 1.29 is 22.7 Å². The number of nitrogens with one attached hydrogen (secondary N) is 1. The molecule has 0 amide bonds. The number of aliphatic hydroxyl groups excluding tert-OH is 1. The Morgan fingerprint density at radius 2 is 1.60 bits per heavy atom. The van der Waals surface area contributed by atoms with Gasteiger partial charge in [-0.15, -0.1) is 0 Å². The van der Waals surface area contributed by atoms with Crippen LogP contribution in [0.2, 0.25) is 0 Å². The first-order chi connectivity index (χ1) is 9.52. The van der Waals surface area contributed by atoms with Gasteiger partial charge in [0.15, 0.2) is 0 Å². The minimum absolute atomic E-state index is 0.0649. The van der Waals surface area contributed by atoms with E-state index in [0.717, 1.165) is 0 Å². The summed E-state index contributed by atoms with van der Waals surface area (Å²) in [6.07, 6.45) is 0. The van der Waals surface area contributed by atoms with Crippen LogP contribution in [0.4, 0.5) is 23.2 Å². The maximum atomic E-state index is 13.3. The number of pyridine rings is 1.